The average Bonchev–Trinajstić information content (AvgIpc) is 3.22. The topological polar surface area (TPSA) is 101 Å². The number of aryl methyl sites for hydroxylation is 1. The molecular formula is C23H26N4O3. The summed E-state index contributed by atoms with van der Waals surface area (Å²) in [6, 6.07) is 12.8. The predicted octanol–water partition coefficient (Wildman–Crippen LogP) is 5.19. The van der Waals surface area contributed by atoms with E-state index < -0.39 is 5.97 Å². The fourth-order valence-corrected chi connectivity index (χ4v) is 4.08. The predicted molar refractivity (Wildman–Crippen MR) is 114 cm³/mol. The molecule has 30 heavy (non-hydrogen) atoms. The van der Waals surface area contributed by atoms with E-state index in [9.17, 15) is 4.79 Å². The van der Waals surface area contributed by atoms with Crippen molar-refractivity contribution in [2.24, 2.45) is 5.92 Å². The van der Waals surface area contributed by atoms with E-state index in [-0.39, 0.29) is 0 Å². The van der Waals surface area contributed by atoms with Crippen LogP contribution in [0.2, 0.25) is 0 Å². The number of nitrogens with one attached hydrogen (secondary N) is 1. The summed E-state index contributed by atoms with van der Waals surface area (Å²) in [4.78, 5) is 15.4. The largest absolute Gasteiger partial charge is 0.481 e. The van der Waals surface area contributed by atoms with Gasteiger partial charge in [0.2, 0.25) is 5.89 Å². The van der Waals surface area contributed by atoms with Crippen molar-refractivity contribution in [3.8, 4) is 11.3 Å². The second kappa shape index (κ2) is 9.07. The molecule has 4 rings (SSSR count). The summed E-state index contributed by atoms with van der Waals surface area (Å²) >= 11 is 0. The van der Waals surface area contributed by atoms with E-state index in [2.05, 4.69) is 44.8 Å². The molecule has 2 heterocycles. The minimum atomic E-state index is -0.681. The number of hydrogen-bond donors (Lipinski definition) is 2. The van der Waals surface area contributed by atoms with E-state index in [4.69, 9.17) is 9.52 Å². The third kappa shape index (κ3) is 4.84. The van der Waals surface area contributed by atoms with Crippen molar-refractivity contribution in [2.45, 2.75) is 51.4 Å². The molecule has 1 aliphatic rings. The molecule has 2 N–H and O–H groups in total. The summed E-state index contributed by atoms with van der Waals surface area (Å²) in [6.07, 6.45) is 6.86. The molecule has 0 amide bonds. The molecule has 0 spiro atoms. The molecule has 156 valence electrons. The molecule has 1 aromatic carbocycles. The zero-order chi connectivity index (χ0) is 20.9. The Hall–Kier alpha value is -3.22. The molecule has 0 saturated heterocycles. The minimum absolute atomic E-state index is 0.300. The standard InChI is InChI=1S/C23H26N4O3/c1-2-21-26-27-23(30-21)25-19-11-12-20(24-14-19)18-9-7-17(8-10-18)16-5-3-15(4-6-16)13-22(28)29/h7-12,14-16H,2-6,13H2,1H3,(H,25,27)(H,28,29). The van der Waals surface area contributed by atoms with Crippen LogP contribution in [0.15, 0.2) is 47.0 Å². The molecule has 0 unspecified atom stereocenters. The molecule has 1 fully saturated rings. The second-order valence-electron chi connectivity index (χ2n) is 7.85. The highest BCUT2D eigenvalue weighted by molar-refractivity contribution is 5.67. The number of aromatic nitrogens is 3. The number of carboxylic acid groups (broad SMARTS) is 1. The number of carbonyl (C=O) groups is 1. The first kappa shape index (κ1) is 20.1. The maximum absolute atomic E-state index is 10.9. The number of aliphatic carboxylic acids is 1. The molecule has 0 atom stereocenters. The molecule has 0 bridgehead atoms. The van der Waals surface area contributed by atoms with Gasteiger partial charge >= 0.3 is 12.0 Å². The van der Waals surface area contributed by atoms with Gasteiger partial charge in [-0.3, -0.25) is 9.78 Å². The number of anilines is 2. The van der Waals surface area contributed by atoms with Gasteiger partial charge in [0, 0.05) is 18.4 Å². The van der Waals surface area contributed by atoms with Gasteiger partial charge in [-0.1, -0.05) is 36.3 Å². The highest BCUT2D eigenvalue weighted by Crippen LogP contribution is 2.37. The molecular weight excluding hydrogens is 380 g/mol. The van der Waals surface area contributed by atoms with Gasteiger partial charge in [-0.25, -0.2) is 0 Å². The van der Waals surface area contributed by atoms with E-state index in [1.54, 1.807) is 6.20 Å². The fourth-order valence-electron chi connectivity index (χ4n) is 4.08. The van der Waals surface area contributed by atoms with Gasteiger partial charge in [0.05, 0.1) is 17.6 Å². The number of benzene rings is 1. The summed E-state index contributed by atoms with van der Waals surface area (Å²) in [5, 5.41) is 19.9. The zero-order valence-corrected chi connectivity index (χ0v) is 17.0. The third-order valence-electron chi connectivity index (χ3n) is 5.77. The van der Waals surface area contributed by atoms with Gasteiger partial charge in [-0.05, 0) is 55.2 Å². The lowest BCUT2D eigenvalue weighted by Crippen LogP contribution is -2.16. The van der Waals surface area contributed by atoms with Crippen LogP contribution in [0.4, 0.5) is 11.7 Å². The Kier molecular flexibility index (Phi) is 6.07. The number of rotatable bonds is 7. The molecule has 7 nitrogen and oxygen atoms in total. The van der Waals surface area contributed by atoms with Crippen molar-refractivity contribution >= 4 is 17.7 Å². The van der Waals surface area contributed by atoms with Crippen molar-refractivity contribution in [1.82, 2.24) is 15.2 Å². The fraction of sp³-hybridized carbons (Fsp3) is 0.391. The van der Waals surface area contributed by atoms with Crippen molar-refractivity contribution in [3.05, 3.63) is 54.0 Å². The first-order valence-corrected chi connectivity index (χ1v) is 10.5. The highest BCUT2D eigenvalue weighted by Gasteiger charge is 2.23. The normalized spacial score (nSPS) is 18.8. The first-order chi connectivity index (χ1) is 14.6. The van der Waals surface area contributed by atoms with Crippen LogP contribution in [0, 0.1) is 5.92 Å². The molecule has 1 aliphatic carbocycles. The van der Waals surface area contributed by atoms with E-state index in [1.165, 1.54) is 5.56 Å². The highest BCUT2D eigenvalue weighted by atomic mass is 16.4. The van der Waals surface area contributed by atoms with Crippen LogP contribution in [-0.4, -0.2) is 26.3 Å². The summed E-state index contributed by atoms with van der Waals surface area (Å²) in [7, 11) is 0. The quantitative estimate of drug-likeness (QED) is 0.557. The van der Waals surface area contributed by atoms with Crippen molar-refractivity contribution in [3.63, 3.8) is 0 Å². The summed E-state index contributed by atoms with van der Waals surface area (Å²) < 4.78 is 5.46. The summed E-state index contributed by atoms with van der Waals surface area (Å²) in [6.45, 7) is 1.96. The molecule has 7 heteroatoms. The summed E-state index contributed by atoms with van der Waals surface area (Å²) in [5.74, 6) is 0.762. The minimum Gasteiger partial charge on any atom is -0.481 e. The number of nitrogens with zero attached hydrogens (tertiary/aromatic N) is 3. The van der Waals surface area contributed by atoms with Crippen LogP contribution < -0.4 is 5.32 Å². The van der Waals surface area contributed by atoms with Gasteiger partial charge in [0.25, 0.3) is 0 Å². The molecule has 0 radical (unpaired) electrons. The van der Waals surface area contributed by atoms with Gasteiger partial charge in [-0.2, -0.15) is 0 Å². The maximum Gasteiger partial charge on any atom is 0.320 e. The van der Waals surface area contributed by atoms with Crippen LogP contribution in [0.5, 0.6) is 0 Å². The first-order valence-electron chi connectivity index (χ1n) is 10.5. The lowest BCUT2D eigenvalue weighted by molar-refractivity contribution is -0.138. The Bertz CT molecular complexity index is 974. The Balaban J connectivity index is 1.36. The molecule has 1 saturated carbocycles. The van der Waals surface area contributed by atoms with E-state index >= 15 is 0 Å². The SMILES string of the molecule is CCc1nnc(Nc2ccc(-c3ccc(C4CCC(CC(=O)O)CC4)cc3)nc2)o1. The van der Waals surface area contributed by atoms with Crippen LogP contribution in [0.25, 0.3) is 11.3 Å². The van der Waals surface area contributed by atoms with Crippen LogP contribution in [0.3, 0.4) is 0 Å². The van der Waals surface area contributed by atoms with Gasteiger partial charge in [-0.15, -0.1) is 5.10 Å². The monoisotopic (exact) mass is 406 g/mol. The lowest BCUT2D eigenvalue weighted by Gasteiger charge is -2.28. The van der Waals surface area contributed by atoms with Crippen LogP contribution >= 0.6 is 0 Å². The van der Waals surface area contributed by atoms with Crippen LogP contribution in [0.1, 0.15) is 56.4 Å². The zero-order valence-electron chi connectivity index (χ0n) is 17.0. The van der Waals surface area contributed by atoms with Crippen molar-refractivity contribution in [1.29, 1.82) is 0 Å². The lowest BCUT2D eigenvalue weighted by atomic mass is 9.77. The Morgan fingerprint density at radius 2 is 1.87 bits per heavy atom. The van der Waals surface area contributed by atoms with Gasteiger partial charge in [0.1, 0.15) is 0 Å². The second-order valence-corrected chi connectivity index (χ2v) is 7.85. The van der Waals surface area contributed by atoms with Crippen molar-refractivity contribution < 1.29 is 14.3 Å². The summed E-state index contributed by atoms with van der Waals surface area (Å²) in [5.41, 5.74) is 4.08. The van der Waals surface area contributed by atoms with E-state index in [0.29, 0.717) is 36.6 Å². The third-order valence-corrected chi connectivity index (χ3v) is 5.77. The van der Waals surface area contributed by atoms with Crippen LogP contribution in [-0.2, 0) is 11.2 Å². The van der Waals surface area contributed by atoms with Crippen molar-refractivity contribution in [2.75, 3.05) is 5.32 Å². The number of hydrogen-bond acceptors (Lipinski definition) is 6. The Morgan fingerprint density at radius 3 is 2.47 bits per heavy atom. The van der Waals surface area contributed by atoms with E-state index in [0.717, 1.165) is 42.6 Å². The number of carboxylic acids is 1. The van der Waals surface area contributed by atoms with E-state index in [1.807, 2.05) is 19.1 Å². The Morgan fingerprint density at radius 1 is 1.10 bits per heavy atom. The molecule has 2 aromatic heterocycles. The maximum atomic E-state index is 10.9. The van der Waals surface area contributed by atoms with Gasteiger partial charge < -0.3 is 14.8 Å². The number of pyridine rings is 1. The Labute approximate surface area is 175 Å². The smallest absolute Gasteiger partial charge is 0.320 e. The molecule has 0 aliphatic heterocycles. The molecule has 3 aromatic rings. The van der Waals surface area contributed by atoms with Gasteiger partial charge in [0.15, 0.2) is 0 Å². The average molecular weight is 406 g/mol.